The molecule has 0 unspecified atom stereocenters. The summed E-state index contributed by atoms with van der Waals surface area (Å²) in [6.07, 6.45) is 4.64. The SMILES string of the molecule is CCCC(CF)(CCC)c1nnco1. The quantitative estimate of drug-likeness (QED) is 0.708. The van der Waals surface area contributed by atoms with Crippen LogP contribution in [0, 0.1) is 0 Å². The van der Waals surface area contributed by atoms with Crippen LogP contribution in [-0.4, -0.2) is 16.9 Å². The van der Waals surface area contributed by atoms with Gasteiger partial charge in [-0.3, -0.25) is 0 Å². The van der Waals surface area contributed by atoms with E-state index >= 15 is 0 Å². The smallest absolute Gasteiger partial charge is 0.224 e. The maximum absolute atomic E-state index is 13.1. The lowest BCUT2D eigenvalue weighted by Gasteiger charge is -2.25. The van der Waals surface area contributed by atoms with Crippen molar-refractivity contribution in [2.75, 3.05) is 6.67 Å². The summed E-state index contributed by atoms with van der Waals surface area (Å²) in [5.74, 6) is 0.448. The fourth-order valence-electron chi connectivity index (χ4n) is 1.89. The molecule has 80 valence electrons. The minimum absolute atomic E-state index is 0.420. The van der Waals surface area contributed by atoms with Crippen molar-refractivity contribution in [2.24, 2.45) is 0 Å². The summed E-state index contributed by atoms with van der Waals surface area (Å²) in [5, 5.41) is 7.46. The molecule has 0 saturated heterocycles. The second kappa shape index (κ2) is 5.08. The van der Waals surface area contributed by atoms with Gasteiger partial charge in [0, 0.05) is 0 Å². The van der Waals surface area contributed by atoms with E-state index in [1.807, 2.05) is 13.8 Å². The minimum atomic E-state index is -0.542. The lowest BCUT2D eigenvalue weighted by atomic mass is 9.80. The van der Waals surface area contributed by atoms with E-state index in [1.54, 1.807) is 0 Å². The van der Waals surface area contributed by atoms with E-state index < -0.39 is 12.1 Å². The van der Waals surface area contributed by atoms with Crippen LogP contribution in [0.15, 0.2) is 10.8 Å². The maximum atomic E-state index is 13.1. The van der Waals surface area contributed by atoms with Crippen molar-refractivity contribution >= 4 is 0 Å². The number of halogens is 1. The van der Waals surface area contributed by atoms with Crippen molar-refractivity contribution in [1.29, 1.82) is 0 Å². The summed E-state index contributed by atoms with van der Waals surface area (Å²) in [5.41, 5.74) is -0.542. The third-order valence-electron chi connectivity index (χ3n) is 2.53. The Labute approximate surface area is 83.7 Å². The topological polar surface area (TPSA) is 38.9 Å². The summed E-state index contributed by atoms with van der Waals surface area (Å²) >= 11 is 0. The average molecular weight is 200 g/mol. The number of alkyl halides is 1. The van der Waals surface area contributed by atoms with Gasteiger partial charge in [0.05, 0.1) is 5.41 Å². The van der Waals surface area contributed by atoms with Gasteiger partial charge in [-0.2, -0.15) is 0 Å². The molecule has 0 saturated carbocycles. The summed E-state index contributed by atoms with van der Waals surface area (Å²) < 4.78 is 18.3. The third kappa shape index (κ3) is 2.11. The van der Waals surface area contributed by atoms with Gasteiger partial charge >= 0.3 is 0 Å². The van der Waals surface area contributed by atoms with Crippen molar-refractivity contribution in [3.63, 3.8) is 0 Å². The molecular weight excluding hydrogens is 183 g/mol. The Morgan fingerprint density at radius 2 is 2.00 bits per heavy atom. The molecule has 0 atom stereocenters. The van der Waals surface area contributed by atoms with Gasteiger partial charge in [-0.25, -0.2) is 4.39 Å². The fraction of sp³-hybridized carbons (Fsp3) is 0.800. The predicted octanol–water partition coefficient (Wildman–Crippen LogP) is 2.88. The van der Waals surface area contributed by atoms with Crippen LogP contribution in [0.1, 0.15) is 45.4 Å². The standard InChI is InChI=1S/C10H17FN2O/c1-3-5-10(7-11,6-4-2)9-13-12-8-14-9/h8H,3-7H2,1-2H3. The molecule has 0 amide bonds. The van der Waals surface area contributed by atoms with E-state index in [4.69, 9.17) is 4.42 Å². The van der Waals surface area contributed by atoms with E-state index in [9.17, 15) is 4.39 Å². The van der Waals surface area contributed by atoms with Crippen LogP contribution in [0.4, 0.5) is 4.39 Å². The van der Waals surface area contributed by atoms with Crippen molar-refractivity contribution in [3.8, 4) is 0 Å². The average Bonchev–Trinajstić information content (AvgIpc) is 2.70. The van der Waals surface area contributed by atoms with Crippen molar-refractivity contribution in [3.05, 3.63) is 12.3 Å². The highest BCUT2D eigenvalue weighted by Crippen LogP contribution is 2.33. The van der Waals surface area contributed by atoms with Crippen molar-refractivity contribution < 1.29 is 8.81 Å². The van der Waals surface area contributed by atoms with Gasteiger partial charge in [-0.15, -0.1) is 10.2 Å². The highest BCUT2D eigenvalue weighted by Gasteiger charge is 2.35. The molecule has 0 aliphatic carbocycles. The Morgan fingerprint density at radius 1 is 1.36 bits per heavy atom. The molecule has 1 heterocycles. The van der Waals surface area contributed by atoms with Gasteiger partial charge < -0.3 is 4.42 Å². The zero-order chi connectivity index (χ0) is 10.4. The van der Waals surface area contributed by atoms with Crippen molar-refractivity contribution in [2.45, 2.75) is 44.9 Å². The highest BCUT2D eigenvalue weighted by molar-refractivity contribution is 5.02. The number of rotatable bonds is 6. The third-order valence-corrected chi connectivity index (χ3v) is 2.53. The van der Waals surface area contributed by atoms with E-state index in [2.05, 4.69) is 10.2 Å². The molecule has 14 heavy (non-hydrogen) atoms. The highest BCUT2D eigenvalue weighted by atomic mass is 19.1. The number of nitrogens with zero attached hydrogens (tertiary/aromatic N) is 2. The molecule has 1 rings (SSSR count). The van der Waals surface area contributed by atoms with Crippen LogP contribution in [0.3, 0.4) is 0 Å². The Kier molecular flexibility index (Phi) is 4.04. The van der Waals surface area contributed by atoms with E-state index in [0.717, 1.165) is 25.7 Å². The van der Waals surface area contributed by atoms with Gasteiger partial charge in [0.25, 0.3) is 0 Å². The second-order valence-electron chi connectivity index (χ2n) is 3.66. The van der Waals surface area contributed by atoms with Gasteiger partial charge in [-0.1, -0.05) is 26.7 Å². The lowest BCUT2D eigenvalue weighted by Crippen LogP contribution is -2.29. The first-order chi connectivity index (χ1) is 6.79. The first-order valence-electron chi connectivity index (χ1n) is 5.11. The van der Waals surface area contributed by atoms with E-state index in [1.165, 1.54) is 6.39 Å². The summed E-state index contributed by atoms with van der Waals surface area (Å²) in [7, 11) is 0. The summed E-state index contributed by atoms with van der Waals surface area (Å²) in [4.78, 5) is 0. The summed E-state index contributed by atoms with van der Waals surface area (Å²) in [6.45, 7) is 3.66. The molecule has 0 bridgehead atoms. The maximum Gasteiger partial charge on any atom is 0.224 e. The molecule has 0 aliphatic heterocycles. The van der Waals surface area contributed by atoms with Crippen molar-refractivity contribution in [1.82, 2.24) is 10.2 Å². The van der Waals surface area contributed by atoms with E-state index in [-0.39, 0.29) is 0 Å². The molecule has 0 spiro atoms. The number of aromatic nitrogens is 2. The molecule has 0 N–H and O–H groups in total. The summed E-state index contributed by atoms with van der Waals surface area (Å²) in [6, 6.07) is 0. The van der Waals surface area contributed by atoms with Gasteiger partial charge in [-0.05, 0) is 12.8 Å². The number of hydrogen-bond acceptors (Lipinski definition) is 3. The van der Waals surface area contributed by atoms with Crippen LogP contribution in [0.2, 0.25) is 0 Å². The largest absolute Gasteiger partial charge is 0.427 e. The van der Waals surface area contributed by atoms with Crippen LogP contribution in [0.5, 0.6) is 0 Å². The van der Waals surface area contributed by atoms with Gasteiger partial charge in [0.1, 0.15) is 6.67 Å². The molecule has 0 aliphatic rings. The van der Waals surface area contributed by atoms with Crippen LogP contribution < -0.4 is 0 Å². The monoisotopic (exact) mass is 200 g/mol. The predicted molar refractivity (Wildman–Crippen MR) is 51.8 cm³/mol. The normalized spacial score (nSPS) is 11.9. The van der Waals surface area contributed by atoms with Crippen LogP contribution in [0.25, 0.3) is 0 Å². The Balaban J connectivity index is 2.88. The second-order valence-corrected chi connectivity index (χ2v) is 3.66. The Hall–Kier alpha value is -0.930. The van der Waals surface area contributed by atoms with Gasteiger partial charge in [0.2, 0.25) is 12.3 Å². The van der Waals surface area contributed by atoms with Crippen LogP contribution >= 0.6 is 0 Å². The molecule has 3 nitrogen and oxygen atoms in total. The Morgan fingerprint density at radius 3 is 2.36 bits per heavy atom. The first-order valence-corrected chi connectivity index (χ1v) is 5.11. The molecular formula is C10H17FN2O. The Bertz CT molecular complexity index is 243. The minimum Gasteiger partial charge on any atom is -0.427 e. The molecule has 4 heteroatoms. The van der Waals surface area contributed by atoms with E-state index in [0.29, 0.717) is 5.89 Å². The molecule has 1 aromatic heterocycles. The molecule has 1 aromatic rings. The zero-order valence-corrected chi connectivity index (χ0v) is 8.79. The first kappa shape index (κ1) is 11.1. The lowest BCUT2D eigenvalue weighted by molar-refractivity contribution is 0.215. The molecule has 0 radical (unpaired) electrons. The van der Waals surface area contributed by atoms with Gasteiger partial charge in [0.15, 0.2) is 0 Å². The number of hydrogen-bond donors (Lipinski definition) is 0. The molecule has 0 fully saturated rings. The van der Waals surface area contributed by atoms with Crippen LogP contribution in [-0.2, 0) is 5.41 Å². The fourth-order valence-corrected chi connectivity index (χ4v) is 1.89. The molecule has 0 aromatic carbocycles. The zero-order valence-electron chi connectivity index (χ0n) is 8.79.